The standard InChI is InChI=1S/C14H14ClN3O2/c1-16-13-7-9(5-6-17-13)14(19)18-12-8-10(20-2)3-4-11(12)15/h3-8H,1-2H3,(H,16,17)(H,18,19). The van der Waals surface area contributed by atoms with Gasteiger partial charge in [0.15, 0.2) is 0 Å². The molecule has 0 saturated heterocycles. The molecule has 0 fully saturated rings. The summed E-state index contributed by atoms with van der Waals surface area (Å²) in [6.07, 6.45) is 1.56. The zero-order chi connectivity index (χ0) is 14.5. The molecule has 1 aromatic heterocycles. The molecule has 2 aromatic rings. The number of rotatable bonds is 4. The fourth-order valence-electron chi connectivity index (χ4n) is 1.63. The van der Waals surface area contributed by atoms with Gasteiger partial charge >= 0.3 is 0 Å². The van der Waals surface area contributed by atoms with Crippen LogP contribution < -0.4 is 15.4 Å². The average molecular weight is 292 g/mol. The second-order valence-electron chi connectivity index (χ2n) is 3.98. The first-order valence-electron chi connectivity index (χ1n) is 5.92. The van der Waals surface area contributed by atoms with Crippen LogP contribution in [0.4, 0.5) is 11.5 Å². The summed E-state index contributed by atoms with van der Waals surface area (Å²) in [7, 11) is 3.29. The van der Waals surface area contributed by atoms with Gasteiger partial charge in [-0.3, -0.25) is 4.79 Å². The molecule has 0 spiro atoms. The zero-order valence-electron chi connectivity index (χ0n) is 11.1. The molecule has 0 aliphatic rings. The minimum atomic E-state index is -0.265. The fraction of sp³-hybridized carbons (Fsp3) is 0.143. The van der Waals surface area contributed by atoms with E-state index in [4.69, 9.17) is 16.3 Å². The second kappa shape index (κ2) is 6.25. The van der Waals surface area contributed by atoms with Gasteiger partial charge in [-0.2, -0.15) is 0 Å². The summed E-state index contributed by atoms with van der Waals surface area (Å²) in [6.45, 7) is 0. The third-order valence-electron chi connectivity index (χ3n) is 2.70. The topological polar surface area (TPSA) is 63.2 Å². The molecular formula is C14H14ClN3O2. The van der Waals surface area contributed by atoms with E-state index in [9.17, 15) is 4.79 Å². The number of amides is 1. The van der Waals surface area contributed by atoms with E-state index in [1.165, 1.54) is 0 Å². The van der Waals surface area contributed by atoms with Crippen LogP contribution >= 0.6 is 11.6 Å². The van der Waals surface area contributed by atoms with Gasteiger partial charge in [-0.15, -0.1) is 0 Å². The van der Waals surface area contributed by atoms with Crippen molar-refractivity contribution >= 4 is 29.0 Å². The minimum absolute atomic E-state index is 0.265. The smallest absolute Gasteiger partial charge is 0.255 e. The van der Waals surface area contributed by atoms with Crippen LogP contribution in [0.5, 0.6) is 5.75 Å². The number of nitrogens with zero attached hydrogens (tertiary/aromatic N) is 1. The molecule has 20 heavy (non-hydrogen) atoms. The summed E-state index contributed by atoms with van der Waals surface area (Å²) in [5.74, 6) is 0.976. The zero-order valence-corrected chi connectivity index (χ0v) is 11.9. The van der Waals surface area contributed by atoms with E-state index >= 15 is 0 Å². The highest BCUT2D eigenvalue weighted by Crippen LogP contribution is 2.27. The Kier molecular flexibility index (Phi) is 4.42. The van der Waals surface area contributed by atoms with Gasteiger partial charge in [0.1, 0.15) is 11.6 Å². The number of aromatic nitrogens is 1. The van der Waals surface area contributed by atoms with Gasteiger partial charge in [0.25, 0.3) is 5.91 Å². The van der Waals surface area contributed by atoms with Crippen LogP contribution in [-0.2, 0) is 0 Å². The van der Waals surface area contributed by atoms with Crippen molar-refractivity contribution in [2.24, 2.45) is 0 Å². The number of anilines is 2. The molecule has 6 heteroatoms. The summed E-state index contributed by atoms with van der Waals surface area (Å²) in [5.41, 5.74) is 0.988. The van der Waals surface area contributed by atoms with Gasteiger partial charge in [0.05, 0.1) is 17.8 Å². The van der Waals surface area contributed by atoms with Gasteiger partial charge in [-0.05, 0) is 24.3 Å². The van der Waals surface area contributed by atoms with Crippen LogP contribution in [0.2, 0.25) is 5.02 Å². The number of benzene rings is 1. The van der Waals surface area contributed by atoms with Gasteiger partial charge in [-0.1, -0.05) is 11.6 Å². The molecule has 0 aliphatic heterocycles. The summed E-state index contributed by atoms with van der Waals surface area (Å²) in [4.78, 5) is 16.2. The first kappa shape index (κ1) is 14.1. The average Bonchev–Trinajstić information content (AvgIpc) is 2.49. The third-order valence-corrected chi connectivity index (χ3v) is 3.03. The number of pyridine rings is 1. The normalized spacial score (nSPS) is 9.95. The minimum Gasteiger partial charge on any atom is -0.497 e. The number of hydrogen-bond acceptors (Lipinski definition) is 4. The number of hydrogen-bond donors (Lipinski definition) is 2. The lowest BCUT2D eigenvalue weighted by atomic mass is 10.2. The van der Waals surface area contributed by atoms with Crippen molar-refractivity contribution in [1.29, 1.82) is 0 Å². The first-order chi connectivity index (χ1) is 9.63. The quantitative estimate of drug-likeness (QED) is 0.909. The van der Waals surface area contributed by atoms with E-state index in [0.717, 1.165) is 0 Å². The predicted molar refractivity (Wildman–Crippen MR) is 79.7 cm³/mol. The predicted octanol–water partition coefficient (Wildman–Crippen LogP) is 3.04. The molecule has 2 rings (SSSR count). The molecule has 104 valence electrons. The molecule has 1 amide bonds. The van der Waals surface area contributed by atoms with Crippen molar-refractivity contribution in [1.82, 2.24) is 4.98 Å². The molecule has 0 aliphatic carbocycles. The molecule has 5 nitrogen and oxygen atoms in total. The van der Waals surface area contributed by atoms with Crippen LogP contribution in [0.15, 0.2) is 36.5 Å². The summed E-state index contributed by atoms with van der Waals surface area (Å²) < 4.78 is 5.10. The molecule has 0 atom stereocenters. The van der Waals surface area contributed by atoms with Crippen molar-refractivity contribution in [3.05, 3.63) is 47.1 Å². The van der Waals surface area contributed by atoms with E-state index < -0.39 is 0 Å². The first-order valence-corrected chi connectivity index (χ1v) is 6.30. The van der Waals surface area contributed by atoms with Crippen LogP contribution in [0.25, 0.3) is 0 Å². The molecule has 0 radical (unpaired) electrons. The Morgan fingerprint density at radius 1 is 1.30 bits per heavy atom. The molecule has 0 unspecified atom stereocenters. The second-order valence-corrected chi connectivity index (χ2v) is 4.39. The Labute approximate surface area is 121 Å². The maximum atomic E-state index is 12.2. The number of nitrogens with one attached hydrogen (secondary N) is 2. The van der Waals surface area contributed by atoms with E-state index in [0.29, 0.717) is 27.8 Å². The molecule has 2 N–H and O–H groups in total. The van der Waals surface area contributed by atoms with Gasteiger partial charge in [0, 0.05) is 24.9 Å². The number of methoxy groups -OCH3 is 1. The number of ether oxygens (including phenoxy) is 1. The monoisotopic (exact) mass is 291 g/mol. The highest BCUT2D eigenvalue weighted by atomic mass is 35.5. The van der Waals surface area contributed by atoms with E-state index in [1.807, 2.05) is 0 Å². The van der Waals surface area contributed by atoms with Crippen molar-refractivity contribution in [2.75, 3.05) is 24.8 Å². The van der Waals surface area contributed by atoms with Crippen LogP contribution in [0, 0.1) is 0 Å². The Balaban J connectivity index is 2.22. The van der Waals surface area contributed by atoms with Crippen LogP contribution in [-0.4, -0.2) is 25.0 Å². The molecular weight excluding hydrogens is 278 g/mol. The Morgan fingerprint density at radius 2 is 2.10 bits per heavy atom. The molecule has 0 saturated carbocycles. The van der Waals surface area contributed by atoms with Crippen molar-refractivity contribution in [2.45, 2.75) is 0 Å². The lowest BCUT2D eigenvalue weighted by molar-refractivity contribution is 0.102. The van der Waals surface area contributed by atoms with Gasteiger partial charge in [-0.25, -0.2) is 4.98 Å². The van der Waals surface area contributed by atoms with Crippen molar-refractivity contribution in [3.8, 4) is 5.75 Å². The lowest BCUT2D eigenvalue weighted by Crippen LogP contribution is -2.12. The van der Waals surface area contributed by atoms with Gasteiger partial charge < -0.3 is 15.4 Å². The molecule has 1 aromatic carbocycles. The summed E-state index contributed by atoms with van der Waals surface area (Å²) in [6, 6.07) is 8.35. The Bertz CT molecular complexity index is 632. The molecule has 1 heterocycles. The van der Waals surface area contributed by atoms with Gasteiger partial charge in [0.2, 0.25) is 0 Å². The van der Waals surface area contributed by atoms with Crippen molar-refractivity contribution < 1.29 is 9.53 Å². The summed E-state index contributed by atoms with van der Waals surface area (Å²) in [5, 5.41) is 6.07. The Hall–Kier alpha value is -2.27. The maximum absolute atomic E-state index is 12.2. The number of halogens is 1. The third kappa shape index (κ3) is 3.19. The number of carbonyl (C=O) groups is 1. The van der Waals surface area contributed by atoms with E-state index in [-0.39, 0.29) is 5.91 Å². The van der Waals surface area contributed by atoms with Crippen LogP contribution in [0.3, 0.4) is 0 Å². The molecule has 0 bridgehead atoms. The van der Waals surface area contributed by atoms with Crippen LogP contribution in [0.1, 0.15) is 10.4 Å². The Morgan fingerprint density at radius 3 is 2.80 bits per heavy atom. The summed E-state index contributed by atoms with van der Waals surface area (Å²) >= 11 is 6.05. The largest absolute Gasteiger partial charge is 0.497 e. The van der Waals surface area contributed by atoms with E-state index in [2.05, 4.69) is 15.6 Å². The lowest BCUT2D eigenvalue weighted by Gasteiger charge is -2.09. The highest BCUT2D eigenvalue weighted by Gasteiger charge is 2.10. The number of carbonyl (C=O) groups excluding carboxylic acids is 1. The highest BCUT2D eigenvalue weighted by molar-refractivity contribution is 6.34. The maximum Gasteiger partial charge on any atom is 0.255 e. The fourth-order valence-corrected chi connectivity index (χ4v) is 1.79. The SMILES string of the molecule is CNc1cc(C(=O)Nc2cc(OC)ccc2Cl)ccn1. The van der Waals surface area contributed by atoms with E-state index in [1.54, 1.807) is 50.7 Å². The van der Waals surface area contributed by atoms with Crippen molar-refractivity contribution in [3.63, 3.8) is 0 Å².